The fraction of sp³-hybridized carbons (Fsp3) is 0.0714. The second-order valence-electron chi connectivity index (χ2n) is 4.36. The highest BCUT2D eigenvalue weighted by Crippen LogP contribution is 2.29. The molecule has 96 valence electrons. The smallest absolute Gasteiger partial charge is 0.138 e. The van der Waals surface area contributed by atoms with E-state index in [1.807, 2.05) is 31.2 Å². The van der Waals surface area contributed by atoms with Crippen LogP contribution in [0.15, 0.2) is 39.3 Å². The Labute approximate surface area is 132 Å². The van der Waals surface area contributed by atoms with Crippen molar-refractivity contribution in [3.8, 4) is 11.4 Å². The zero-order valence-corrected chi connectivity index (χ0v) is 13.9. The Balaban J connectivity index is 2.23. The molecule has 0 saturated heterocycles. The van der Waals surface area contributed by atoms with Gasteiger partial charge in [0.15, 0.2) is 0 Å². The monoisotopic (exact) mass is 398 g/mol. The van der Waals surface area contributed by atoms with Crippen molar-refractivity contribution in [3.63, 3.8) is 0 Å². The summed E-state index contributed by atoms with van der Waals surface area (Å²) in [5.41, 5.74) is 4.09. The molecule has 0 radical (unpaired) electrons. The summed E-state index contributed by atoms with van der Waals surface area (Å²) in [6.07, 6.45) is 0. The molecule has 0 aliphatic heterocycles. The Morgan fingerprint density at radius 3 is 2.53 bits per heavy atom. The van der Waals surface area contributed by atoms with E-state index in [1.54, 1.807) is 0 Å². The Bertz CT molecular complexity index is 760. The van der Waals surface area contributed by atoms with Crippen molar-refractivity contribution < 1.29 is 0 Å². The van der Waals surface area contributed by atoms with Crippen LogP contribution in [-0.2, 0) is 0 Å². The molecule has 0 spiro atoms. The van der Waals surface area contributed by atoms with Gasteiger partial charge in [-0.15, -0.1) is 0 Å². The molecule has 1 aromatic heterocycles. The van der Waals surface area contributed by atoms with Crippen LogP contribution in [0.5, 0.6) is 0 Å². The number of hydrogen-bond acceptors (Lipinski definition) is 1. The zero-order valence-electron chi connectivity index (χ0n) is 9.97. The lowest BCUT2D eigenvalue weighted by molar-refractivity contribution is 1.33. The van der Waals surface area contributed by atoms with E-state index in [-0.39, 0.29) is 0 Å². The molecule has 0 saturated carbocycles. The molecule has 0 fully saturated rings. The van der Waals surface area contributed by atoms with Crippen LogP contribution in [0.1, 0.15) is 5.56 Å². The number of rotatable bonds is 1. The van der Waals surface area contributed by atoms with Crippen LogP contribution in [0.2, 0.25) is 5.02 Å². The molecular weight excluding hydrogens is 391 g/mol. The number of aromatic nitrogens is 2. The number of fused-ring (bicyclic) bond motifs is 1. The highest BCUT2D eigenvalue weighted by molar-refractivity contribution is 9.10. The molecule has 0 atom stereocenters. The van der Waals surface area contributed by atoms with Crippen LogP contribution < -0.4 is 0 Å². The van der Waals surface area contributed by atoms with Gasteiger partial charge in [-0.05, 0) is 42.8 Å². The molecule has 0 amide bonds. The largest absolute Gasteiger partial charge is 0.338 e. The SMILES string of the molecule is Cc1cc(Br)cc2[nH]c(-c3cc(Cl)cc(Br)c3)nc12. The first-order valence-electron chi connectivity index (χ1n) is 5.65. The molecule has 0 aliphatic carbocycles. The van der Waals surface area contributed by atoms with E-state index in [2.05, 4.69) is 47.9 Å². The van der Waals surface area contributed by atoms with E-state index in [9.17, 15) is 0 Å². The minimum absolute atomic E-state index is 0.683. The van der Waals surface area contributed by atoms with Gasteiger partial charge in [-0.2, -0.15) is 0 Å². The van der Waals surface area contributed by atoms with E-state index in [0.717, 1.165) is 36.9 Å². The van der Waals surface area contributed by atoms with Gasteiger partial charge < -0.3 is 4.98 Å². The number of nitrogens with zero attached hydrogens (tertiary/aromatic N) is 1. The minimum atomic E-state index is 0.683. The average Bonchev–Trinajstić information content (AvgIpc) is 2.71. The van der Waals surface area contributed by atoms with Crippen molar-refractivity contribution in [2.45, 2.75) is 6.92 Å². The van der Waals surface area contributed by atoms with Crippen LogP contribution in [0.25, 0.3) is 22.4 Å². The topological polar surface area (TPSA) is 28.7 Å². The number of imidazole rings is 1. The van der Waals surface area contributed by atoms with Crippen molar-refractivity contribution in [2.24, 2.45) is 0 Å². The standard InChI is InChI=1S/C14H9Br2ClN2/c1-7-2-9(15)6-12-13(7)19-14(18-12)8-3-10(16)5-11(17)4-8/h2-6H,1H3,(H,18,19). The molecule has 5 heteroatoms. The maximum atomic E-state index is 6.08. The van der Waals surface area contributed by atoms with Gasteiger partial charge in [0.2, 0.25) is 0 Å². The third-order valence-electron chi connectivity index (χ3n) is 2.88. The molecule has 0 unspecified atom stereocenters. The van der Waals surface area contributed by atoms with E-state index in [4.69, 9.17) is 11.6 Å². The summed E-state index contributed by atoms with van der Waals surface area (Å²) in [5.74, 6) is 0.819. The van der Waals surface area contributed by atoms with Crippen molar-refractivity contribution >= 4 is 54.5 Å². The number of aromatic amines is 1. The molecular formula is C14H9Br2ClN2. The van der Waals surface area contributed by atoms with E-state index < -0.39 is 0 Å². The molecule has 3 aromatic rings. The first-order chi connectivity index (χ1) is 9.02. The molecule has 2 aromatic carbocycles. The Morgan fingerprint density at radius 1 is 1.05 bits per heavy atom. The van der Waals surface area contributed by atoms with Crippen LogP contribution in [-0.4, -0.2) is 9.97 Å². The molecule has 1 heterocycles. The summed E-state index contributed by atoms with van der Waals surface area (Å²) in [6, 6.07) is 9.83. The lowest BCUT2D eigenvalue weighted by Gasteiger charge is -1.99. The van der Waals surface area contributed by atoms with Gasteiger partial charge in [-0.1, -0.05) is 43.5 Å². The molecule has 19 heavy (non-hydrogen) atoms. The van der Waals surface area contributed by atoms with Crippen LogP contribution >= 0.6 is 43.5 Å². The van der Waals surface area contributed by atoms with Crippen molar-refractivity contribution in [3.05, 3.63) is 49.9 Å². The first-order valence-corrected chi connectivity index (χ1v) is 7.61. The summed E-state index contributed by atoms with van der Waals surface area (Å²) in [6.45, 7) is 2.05. The lowest BCUT2D eigenvalue weighted by atomic mass is 10.2. The first kappa shape index (κ1) is 13.2. The summed E-state index contributed by atoms with van der Waals surface area (Å²) in [5, 5.41) is 0.683. The van der Waals surface area contributed by atoms with E-state index in [0.29, 0.717) is 5.02 Å². The Hall–Kier alpha value is -0.840. The van der Waals surface area contributed by atoms with Gasteiger partial charge in [-0.3, -0.25) is 0 Å². The number of aryl methyl sites for hydroxylation is 1. The maximum Gasteiger partial charge on any atom is 0.138 e. The highest BCUT2D eigenvalue weighted by Gasteiger charge is 2.09. The Kier molecular flexibility index (Phi) is 3.41. The summed E-state index contributed by atoms with van der Waals surface area (Å²) >= 11 is 13.0. The second-order valence-corrected chi connectivity index (χ2v) is 6.63. The lowest BCUT2D eigenvalue weighted by Crippen LogP contribution is -1.81. The summed E-state index contributed by atoms with van der Waals surface area (Å²) in [7, 11) is 0. The van der Waals surface area contributed by atoms with Crippen LogP contribution in [0.3, 0.4) is 0 Å². The van der Waals surface area contributed by atoms with Gasteiger partial charge in [0.05, 0.1) is 11.0 Å². The van der Waals surface area contributed by atoms with Crippen LogP contribution in [0.4, 0.5) is 0 Å². The third kappa shape index (κ3) is 2.57. The van der Waals surface area contributed by atoms with Gasteiger partial charge in [-0.25, -0.2) is 4.98 Å². The van der Waals surface area contributed by atoms with E-state index in [1.165, 1.54) is 0 Å². The third-order valence-corrected chi connectivity index (χ3v) is 4.01. The number of hydrogen-bond donors (Lipinski definition) is 1. The van der Waals surface area contributed by atoms with Crippen molar-refractivity contribution in [1.82, 2.24) is 9.97 Å². The maximum absolute atomic E-state index is 6.08. The summed E-state index contributed by atoms with van der Waals surface area (Å²) < 4.78 is 1.98. The normalized spacial score (nSPS) is 11.2. The molecule has 3 rings (SSSR count). The number of halogens is 3. The molecule has 0 aliphatic rings. The zero-order chi connectivity index (χ0) is 13.6. The predicted molar refractivity (Wildman–Crippen MR) is 86.7 cm³/mol. The fourth-order valence-corrected chi connectivity index (χ4v) is 3.51. The average molecular weight is 401 g/mol. The molecule has 0 bridgehead atoms. The van der Waals surface area contributed by atoms with Crippen molar-refractivity contribution in [2.75, 3.05) is 0 Å². The minimum Gasteiger partial charge on any atom is -0.338 e. The van der Waals surface area contributed by atoms with Crippen molar-refractivity contribution in [1.29, 1.82) is 0 Å². The quantitative estimate of drug-likeness (QED) is 0.556. The predicted octanol–water partition coefficient (Wildman–Crippen LogP) is 5.72. The molecule has 2 nitrogen and oxygen atoms in total. The Morgan fingerprint density at radius 2 is 1.79 bits per heavy atom. The highest BCUT2D eigenvalue weighted by atomic mass is 79.9. The number of benzene rings is 2. The second kappa shape index (κ2) is 4.93. The van der Waals surface area contributed by atoms with Gasteiger partial charge in [0, 0.05) is 19.5 Å². The number of H-pyrrole nitrogens is 1. The van der Waals surface area contributed by atoms with Crippen LogP contribution in [0, 0.1) is 6.92 Å². The van der Waals surface area contributed by atoms with E-state index >= 15 is 0 Å². The summed E-state index contributed by atoms with van der Waals surface area (Å²) in [4.78, 5) is 7.98. The van der Waals surface area contributed by atoms with Gasteiger partial charge in [0.1, 0.15) is 5.82 Å². The van der Waals surface area contributed by atoms with Gasteiger partial charge in [0.25, 0.3) is 0 Å². The number of nitrogens with one attached hydrogen (secondary N) is 1. The van der Waals surface area contributed by atoms with Gasteiger partial charge >= 0.3 is 0 Å². The molecule has 1 N–H and O–H groups in total. The fourth-order valence-electron chi connectivity index (χ4n) is 2.07.